The monoisotopic (exact) mass is 360 g/mol. The second-order valence-electron chi connectivity index (χ2n) is 6.61. The van der Waals surface area contributed by atoms with Crippen LogP contribution in [0.1, 0.15) is 36.9 Å². The van der Waals surface area contributed by atoms with Crippen LogP contribution in [-0.2, 0) is 4.79 Å². The van der Waals surface area contributed by atoms with E-state index in [0.29, 0.717) is 11.4 Å². The molecule has 1 aromatic carbocycles. The first-order valence-corrected chi connectivity index (χ1v) is 8.06. The summed E-state index contributed by atoms with van der Waals surface area (Å²) in [4.78, 5) is 23.0. The quantitative estimate of drug-likeness (QED) is 0.721. The highest BCUT2D eigenvalue weighted by molar-refractivity contribution is 7.80. The maximum atomic E-state index is 12.0. The molecule has 0 radical (unpaired) electrons. The number of carboxylic acids is 1. The third kappa shape index (κ3) is 4.45. The van der Waals surface area contributed by atoms with Crippen molar-refractivity contribution in [1.82, 2.24) is 5.32 Å². The summed E-state index contributed by atoms with van der Waals surface area (Å²) in [5, 5.41) is 14.8. The minimum atomic E-state index is -1.12. The van der Waals surface area contributed by atoms with Crippen LogP contribution in [0.5, 0.6) is 0 Å². The van der Waals surface area contributed by atoms with Gasteiger partial charge in [0.05, 0.1) is 0 Å². The molecule has 1 heterocycles. The zero-order chi connectivity index (χ0) is 18.8. The number of carboxylic acid groups (broad SMARTS) is 1. The molecule has 7 heteroatoms. The molecule has 0 aliphatic carbocycles. The number of carbonyl (C=O) groups is 2. The maximum absolute atomic E-state index is 12.0. The van der Waals surface area contributed by atoms with Crippen LogP contribution in [0.3, 0.4) is 0 Å². The summed E-state index contributed by atoms with van der Waals surface area (Å²) in [5.74, 6) is -0.982. The average Bonchev–Trinajstić information content (AvgIpc) is 2.98. The number of benzene rings is 1. The van der Waals surface area contributed by atoms with E-state index < -0.39 is 11.4 Å². The van der Waals surface area contributed by atoms with Crippen molar-refractivity contribution in [3.05, 3.63) is 41.7 Å². The van der Waals surface area contributed by atoms with Crippen LogP contribution < -0.4 is 10.6 Å². The van der Waals surface area contributed by atoms with Gasteiger partial charge in [0, 0.05) is 16.7 Å². The fourth-order valence-corrected chi connectivity index (χ4v) is 2.28. The number of hydrogen-bond donors (Lipinski definition) is 3. The minimum Gasteiger partial charge on any atom is -0.475 e. The first kappa shape index (κ1) is 18.7. The van der Waals surface area contributed by atoms with Crippen molar-refractivity contribution in [3.8, 4) is 11.3 Å². The van der Waals surface area contributed by atoms with Crippen molar-refractivity contribution >= 4 is 34.9 Å². The Morgan fingerprint density at radius 1 is 1.16 bits per heavy atom. The summed E-state index contributed by atoms with van der Waals surface area (Å²) in [5.41, 5.74) is 1.71. The Kier molecular flexibility index (Phi) is 5.27. The number of carbonyl (C=O) groups excluding carboxylic acids is 1. The van der Waals surface area contributed by atoms with E-state index in [2.05, 4.69) is 10.6 Å². The normalized spacial score (nSPS) is 11.0. The Morgan fingerprint density at radius 3 is 2.40 bits per heavy atom. The van der Waals surface area contributed by atoms with Gasteiger partial charge in [-0.15, -0.1) is 0 Å². The van der Waals surface area contributed by atoms with Gasteiger partial charge in [0.1, 0.15) is 5.76 Å². The molecule has 0 spiro atoms. The lowest BCUT2D eigenvalue weighted by Gasteiger charge is -2.19. The van der Waals surface area contributed by atoms with Gasteiger partial charge < -0.3 is 20.2 Å². The summed E-state index contributed by atoms with van der Waals surface area (Å²) < 4.78 is 5.35. The molecule has 3 N–H and O–H groups in total. The van der Waals surface area contributed by atoms with E-state index in [9.17, 15) is 9.59 Å². The minimum absolute atomic E-state index is 0.124. The molecule has 0 saturated carbocycles. The standard InChI is InChI=1S/C18H20N2O4S/c1-10-11(13-8-9-14(24-13)15(21)22)6-5-7-12(10)19-17(25)20-16(23)18(2,3)4/h5-9H,1-4H3,(H,21,22)(H2,19,20,23,25). The van der Waals surface area contributed by atoms with Crippen molar-refractivity contribution in [1.29, 1.82) is 0 Å². The highest BCUT2D eigenvalue weighted by Gasteiger charge is 2.22. The van der Waals surface area contributed by atoms with E-state index in [-0.39, 0.29) is 16.8 Å². The van der Waals surface area contributed by atoms with Gasteiger partial charge in [0.25, 0.3) is 0 Å². The lowest BCUT2D eigenvalue weighted by molar-refractivity contribution is -0.126. The molecule has 0 aliphatic heterocycles. The summed E-state index contributed by atoms with van der Waals surface area (Å²) in [7, 11) is 0. The van der Waals surface area contributed by atoms with E-state index in [1.807, 2.05) is 19.1 Å². The molecule has 2 aromatic rings. The van der Waals surface area contributed by atoms with Gasteiger partial charge in [-0.05, 0) is 42.9 Å². The van der Waals surface area contributed by atoms with Gasteiger partial charge in [-0.3, -0.25) is 4.79 Å². The lowest BCUT2D eigenvalue weighted by atomic mass is 9.96. The predicted molar refractivity (Wildman–Crippen MR) is 99.7 cm³/mol. The highest BCUT2D eigenvalue weighted by atomic mass is 32.1. The average molecular weight is 360 g/mol. The smallest absolute Gasteiger partial charge is 0.371 e. The first-order chi connectivity index (χ1) is 11.6. The molecule has 1 aromatic heterocycles. The van der Waals surface area contributed by atoms with E-state index in [0.717, 1.165) is 11.1 Å². The SMILES string of the molecule is Cc1c(NC(=S)NC(=O)C(C)(C)C)cccc1-c1ccc(C(=O)O)o1. The third-order valence-corrected chi connectivity index (χ3v) is 3.78. The van der Waals surface area contributed by atoms with Crippen molar-refractivity contribution in [2.75, 3.05) is 5.32 Å². The topological polar surface area (TPSA) is 91.6 Å². The van der Waals surface area contributed by atoms with Gasteiger partial charge in [0.15, 0.2) is 5.11 Å². The van der Waals surface area contributed by atoms with Crippen molar-refractivity contribution < 1.29 is 19.1 Å². The van der Waals surface area contributed by atoms with Crippen LogP contribution in [0.25, 0.3) is 11.3 Å². The van der Waals surface area contributed by atoms with Crippen molar-refractivity contribution in [2.45, 2.75) is 27.7 Å². The molecule has 132 valence electrons. The van der Waals surface area contributed by atoms with Crippen molar-refractivity contribution in [2.24, 2.45) is 5.41 Å². The van der Waals surface area contributed by atoms with Crippen LogP contribution in [-0.4, -0.2) is 22.1 Å². The molecule has 0 unspecified atom stereocenters. The molecular formula is C18H20N2O4S. The van der Waals surface area contributed by atoms with Crippen LogP contribution in [0, 0.1) is 12.3 Å². The van der Waals surface area contributed by atoms with Crippen molar-refractivity contribution in [3.63, 3.8) is 0 Å². The number of aromatic carboxylic acids is 1. The van der Waals surface area contributed by atoms with E-state index in [4.69, 9.17) is 21.7 Å². The second kappa shape index (κ2) is 7.06. The highest BCUT2D eigenvalue weighted by Crippen LogP contribution is 2.30. The number of nitrogens with one attached hydrogen (secondary N) is 2. The fourth-order valence-electron chi connectivity index (χ4n) is 2.08. The Labute approximate surface area is 151 Å². The number of rotatable bonds is 3. The summed E-state index contributed by atoms with van der Waals surface area (Å²) in [6.07, 6.45) is 0. The number of hydrogen-bond acceptors (Lipinski definition) is 4. The Balaban J connectivity index is 2.22. The molecular weight excluding hydrogens is 340 g/mol. The lowest BCUT2D eigenvalue weighted by Crippen LogP contribution is -2.41. The number of amides is 1. The fraction of sp³-hybridized carbons (Fsp3) is 0.278. The Morgan fingerprint density at radius 2 is 1.84 bits per heavy atom. The van der Waals surface area contributed by atoms with Crippen LogP contribution in [0.15, 0.2) is 34.7 Å². The van der Waals surface area contributed by atoms with Gasteiger partial charge in [-0.25, -0.2) is 4.79 Å². The zero-order valence-electron chi connectivity index (χ0n) is 14.5. The summed E-state index contributed by atoms with van der Waals surface area (Å²) in [6, 6.07) is 8.44. The molecule has 0 fully saturated rings. The number of anilines is 1. The van der Waals surface area contributed by atoms with Gasteiger partial charge in [-0.2, -0.15) is 0 Å². The first-order valence-electron chi connectivity index (χ1n) is 7.65. The molecule has 0 saturated heterocycles. The van der Waals surface area contributed by atoms with E-state index >= 15 is 0 Å². The molecule has 1 amide bonds. The molecule has 0 bridgehead atoms. The molecule has 0 aliphatic rings. The Hall–Kier alpha value is -2.67. The second-order valence-corrected chi connectivity index (χ2v) is 7.01. The largest absolute Gasteiger partial charge is 0.475 e. The van der Waals surface area contributed by atoms with Gasteiger partial charge in [0.2, 0.25) is 11.7 Å². The van der Waals surface area contributed by atoms with Crippen LogP contribution in [0.2, 0.25) is 0 Å². The molecule has 0 atom stereocenters. The number of thiocarbonyl (C=S) groups is 1. The van der Waals surface area contributed by atoms with Crippen LogP contribution in [0.4, 0.5) is 5.69 Å². The Bertz CT molecular complexity index is 834. The number of furan rings is 1. The summed E-state index contributed by atoms with van der Waals surface area (Å²) >= 11 is 5.19. The maximum Gasteiger partial charge on any atom is 0.371 e. The predicted octanol–water partition coefficient (Wildman–Crippen LogP) is 3.81. The van der Waals surface area contributed by atoms with Gasteiger partial charge >= 0.3 is 5.97 Å². The van der Waals surface area contributed by atoms with Crippen LogP contribution >= 0.6 is 12.2 Å². The van der Waals surface area contributed by atoms with E-state index in [1.165, 1.54) is 6.07 Å². The summed E-state index contributed by atoms with van der Waals surface area (Å²) in [6.45, 7) is 7.25. The zero-order valence-corrected chi connectivity index (χ0v) is 15.3. The molecule has 25 heavy (non-hydrogen) atoms. The van der Waals surface area contributed by atoms with E-state index in [1.54, 1.807) is 32.9 Å². The third-order valence-electron chi connectivity index (χ3n) is 3.57. The molecule has 2 rings (SSSR count). The molecule has 6 nitrogen and oxygen atoms in total. The van der Waals surface area contributed by atoms with Gasteiger partial charge in [-0.1, -0.05) is 32.9 Å².